The van der Waals surface area contributed by atoms with Crippen molar-refractivity contribution < 1.29 is 31.5 Å². The standard InChI is InChI=1S/C17H9F5N2O2S/c18-10-2-1-9(13(19)8-10)7-14-15(25)24(16(27)23-14)11-3-5-12(6-4-11)26-17(20,21)22/h1-8H,(H,23,27)/b14-7-. The summed E-state index contributed by atoms with van der Waals surface area (Å²) in [5.41, 5.74) is 0.0851. The molecule has 1 saturated heterocycles. The van der Waals surface area contributed by atoms with Crippen LogP contribution in [0.15, 0.2) is 48.2 Å². The largest absolute Gasteiger partial charge is 0.573 e. The number of nitrogens with zero attached hydrogens (tertiary/aromatic N) is 1. The number of carbonyl (C=O) groups is 1. The van der Waals surface area contributed by atoms with Gasteiger partial charge in [-0.1, -0.05) is 0 Å². The van der Waals surface area contributed by atoms with E-state index in [0.717, 1.165) is 35.2 Å². The Bertz CT molecular complexity index is 941. The Balaban J connectivity index is 1.85. The normalized spacial score (nSPS) is 16.0. The molecule has 0 spiro atoms. The van der Waals surface area contributed by atoms with Crippen molar-refractivity contribution >= 4 is 35.0 Å². The maximum Gasteiger partial charge on any atom is 0.573 e. The van der Waals surface area contributed by atoms with E-state index in [1.54, 1.807) is 0 Å². The molecule has 1 aliphatic heterocycles. The van der Waals surface area contributed by atoms with Gasteiger partial charge in [0.2, 0.25) is 0 Å². The molecule has 27 heavy (non-hydrogen) atoms. The Morgan fingerprint density at radius 3 is 2.33 bits per heavy atom. The molecule has 0 bridgehead atoms. The molecule has 1 amide bonds. The van der Waals surface area contributed by atoms with Gasteiger partial charge in [-0.25, -0.2) is 8.78 Å². The van der Waals surface area contributed by atoms with Crippen LogP contribution in [0.25, 0.3) is 6.08 Å². The summed E-state index contributed by atoms with van der Waals surface area (Å²) in [6, 6.07) is 7.34. The minimum atomic E-state index is -4.84. The number of rotatable bonds is 3. The highest BCUT2D eigenvalue weighted by atomic mass is 32.1. The summed E-state index contributed by atoms with van der Waals surface area (Å²) in [5, 5.41) is 2.55. The first-order chi connectivity index (χ1) is 12.6. The van der Waals surface area contributed by atoms with Crippen LogP contribution in [0.4, 0.5) is 27.6 Å². The highest BCUT2D eigenvalue weighted by Crippen LogP contribution is 2.28. The number of anilines is 1. The van der Waals surface area contributed by atoms with Gasteiger partial charge in [0.1, 0.15) is 23.1 Å². The van der Waals surface area contributed by atoms with E-state index >= 15 is 0 Å². The van der Waals surface area contributed by atoms with E-state index in [-0.39, 0.29) is 22.1 Å². The summed E-state index contributed by atoms with van der Waals surface area (Å²) in [7, 11) is 0. The number of benzene rings is 2. The second-order valence-corrected chi connectivity index (χ2v) is 5.72. The van der Waals surface area contributed by atoms with Crippen molar-refractivity contribution in [2.45, 2.75) is 6.36 Å². The van der Waals surface area contributed by atoms with Gasteiger partial charge in [-0.3, -0.25) is 9.69 Å². The van der Waals surface area contributed by atoms with Gasteiger partial charge >= 0.3 is 6.36 Å². The fourth-order valence-electron chi connectivity index (χ4n) is 2.34. The minimum absolute atomic E-state index is 0.0363. The van der Waals surface area contributed by atoms with E-state index in [1.807, 2.05) is 0 Å². The summed E-state index contributed by atoms with van der Waals surface area (Å²) in [6.07, 6.45) is -3.68. The molecule has 1 heterocycles. The van der Waals surface area contributed by atoms with Gasteiger partial charge in [-0.2, -0.15) is 0 Å². The van der Waals surface area contributed by atoms with E-state index in [9.17, 15) is 26.7 Å². The number of carbonyl (C=O) groups excluding carboxylic acids is 1. The molecule has 2 aromatic carbocycles. The first-order valence-electron chi connectivity index (χ1n) is 7.32. The lowest BCUT2D eigenvalue weighted by Gasteiger charge is -2.15. The van der Waals surface area contributed by atoms with Crippen molar-refractivity contribution in [3.8, 4) is 5.75 Å². The first kappa shape index (κ1) is 18.8. The molecule has 0 radical (unpaired) electrons. The number of hydrogen-bond donors (Lipinski definition) is 1. The van der Waals surface area contributed by atoms with Crippen molar-refractivity contribution in [1.82, 2.24) is 5.32 Å². The van der Waals surface area contributed by atoms with Crippen molar-refractivity contribution in [1.29, 1.82) is 0 Å². The van der Waals surface area contributed by atoms with Crippen LogP contribution >= 0.6 is 12.2 Å². The maximum atomic E-state index is 13.8. The second-order valence-electron chi connectivity index (χ2n) is 5.34. The van der Waals surface area contributed by atoms with E-state index in [2.05, 4.69) is 10.1 Å². The summed E-state index contributed by atoms with van der Waals surface area (Å²) in [4.78, 5) is 13.5. The molecule has 3 rings (SSSR count). The van der Waals surface area contributed by atoms with Crippen LogP contribution in [-0.4, -0.2) is 17.4 Å². The number of ether oxygens (including phenoxy) is 1. The van der Waals surface area contributed by atoms with Crippen molar-refractivity contribution in [3.05, 3.63) is 65.4 Å². The molecule has 1 N–H and O–H groups in total. The molecule has 0 saturated carbocycles. The molecule has 10 heteroatoms. The third-order valence-corrected chi connectivity index (χ3v) is 3.75. The Kier molecular flexibility index (Phi) is 4.83. The van der Waals surface area contributed by atoms with Gasteiger partial charge < -0.3 is 10.1 Å². The van der Waals surface area contributed by atoms with Crippen LogP contribution in [0.2, 0.25) is 0 Å². The van der Waals surface area contributed by atoms with Gasteiger partial charge in [0, 0.05) is 11.6 Å². The molecule has 140 valence electrons. The number of alkyl halides is 3. The molecule has 1 fully saturated rings. The maximum absolute atomic E-state index is 13.8. The second kappa shape index (κ2) is 6.95. The predicted molar refractivity (Wildman–Crippen MR) is 90.7 cm³/mol. The lowest BCUT2D eigenvalue weighted by Crippen LogP contribution is -2.30. The van der Waals surface area contributed by atoms with Crippen LogP contribution in [-0.2, 0) is 4.79 Å². The smallest absolute Gasteiger partial charge is 0.406 e. The number of nitrogens with one attached hydrogen (secondary N) is 1. The zero-order valence-corrected chi connectivity index (χ0v) is 14.0. The van der Waals surface area contributed by atoms with Crippen LogP contribution in [0.3, 0.4) is 0 Å². The van der Waals surface area contributed by atoms with Gasteiger partial charge in [0.05, 0.1) is 5.69 Å². The van der Waals surface area contributed by atoms with Crippen LogP contribution < -0.4 is 15.0 Å². The zero-order chi connectivity index (χ0) is 19.8. The average molecular weight is 400 g/mol. The third kappa shape index (κ3) is 4.22. The zero-order valence-electron chi connectivity index (χ0n) is 13.2. The molecule has 1 aliphatic rings. The van der Waals surface area contributed by atoms with E-state index < -0.39 is 29.7 Å². The lowest BCUT2D eigenvalue weighted by molar-refractivity contribution is -0.274. The summed E-state index contributed by atoms with van der Waals surface area (Å²) in [6.45, 7) is 0. The molecule has 0 aromatic heterocycles. The van der Waals surface area contributed by atoms with Crippen molar-refractivity contribution in [2.75, 3.05) is 4.90 Å². The van der Waals surface area contributed by atoms with Crippen LogP contribution in [0.5, 0.6) is 5.75 Å². The van der Waals surface area contributed by atoms with E-state index in [4.69, 9.17) is 12.2 Å². The Labute approximate surface area is 154 Å². The van der Waals surface area contributed by atoms with Gasteiger partial charge in [0.15, 0.2) is 5.11 Å². The Hall–Kier alpha value is -3.01. The van der Waals surface area contributed by atoms with Gasteiger partial charge in [-0.05, 0) is 54.7 Å². The molecule has 0 aliphatic carbocycles. The average Bonchev–Trinajstić information content (AvgIpc) is 2.84. The first-order valence-corrected chi connectivity index (χ1v) is 7.73. The Morgan fingerprint density at radius 2 is 1.74 bits per heavy atom. The molecule has 2 aromatic rings. The SMILES string of the molecule is O=C1/C(=C/c2ccc(F)cc2F)NC(=S)N1c1ccc(OC(F)(F)F)cc1. The fourth-order valence-corrected chi connectivity index (χ4v) is 2.64. The number of amides is 1. The molecule has 4 nitrogen and oxygen atoms in total. The van der Waals surface area contributed by atoms with Gasteiger partial charge in [-0.15, -0.1) is 13.2 Å². The molecular weight excluding hydrogens is 391 g/mol. The molecule has 0 atom stereocenters. The fraction of sp³-hybridized carbons (Fsp3) is 0.0588. The van der Waals surface area contributed by atoms with Crippen molar-refractivity contribution in [3.63, 3.8) is 0 Å². The van der Waals surface area contributed by atoms with Crippen LogP contribution in [0.1, 0.15) is 5.56 Å². The topological polar surface area (TPSA) is 41.6 Å². The lowest BCUT2D eigenvalue weighted by atomic mass is 10.1. The number of hydrogen-bond acceptors (Lipinski definition) is 3. The molecule has 0 unspecified atom stereocenters. The third-order valence-electron chi connectivity index (χ3n) is 3.47. The summed E-state index contributed by atoms with van der Waals surface area (Å²) in [5.74, 6) is -2.73. The summed E-state index contributed by atoms with van der Waals surface area (Å²) >= 11 is 5.06. The van der Waals surface area contributed by atoms with Crippen molar-refractivity contribution in [2.24, 2.45) is 0 Å². The minimum Gasteiger partial charge on any atom is -0.406 e. The molecular formula is C17H9F5N2O2S. The van der Waals surface area contributed by atoms with E-state index in [0.29, 0.717) is 6.07 Å². The highest BCUT2D eigenvalue weighted by molar-refractivity contribution is 7.80. The quantitative estimate of drug-likeness (QED) is 0.478. The predicted octanol–water partition coefficient (Wildman–Crippen LogP) is 4.13. The Morgan fingerprint density at radius 1 is 1.07 bits per heavy atom. The van der Waals surface area contributed by atoms with E-state index in [1.165, 1.54) is 12.1 Å². The monoisotopic (exact) mass is 400 g/mol. The number of thiocarbonyl (C=S) groups is 1. The van der Waals surface area contributed by atoms with Gasteiger partial charge in [0.25, 0.3) is 5.91 Å². The van der Waals surface area contributed by atoms with Crippen LogP contribution in [0, 0.1) is 11.6 Å². The summed E-state index contributed by atoms with van der Waals surface area (Å²) < 4.78 is 67.1. The number of halogens is 5. The highest BCUT2D eigenvalue weighted by Gasteiger charge is 2.33.